The molecule has 0 N–H and O–H groups in total. The molecular formula is C29H33N3O2P2. The molecule has 186 valence electrons. The number of anilines is 2. The molecule has 0 fully saturated rings. The molecule has 7 heteroatoms. The first-order chi connectivity index (χ1) is 17.6. The molecule has 0 amide bonds. The van der Waals surface area contributed by atoms with Crippen molar-refractivity contribution in [1.82, 2.24) is 4.44 Å². The second-order valence-corrected chi connectivity index (χ2v) is 13.0. The Balaban J connectivity index is 1.85. The van der Waals surface area contributed by atoms with Crippen LogP contribution in [0.15, 0.2) is 109 Å². The van der Waals surface area contributed by atoms with Gasteiger partial charge in [-0.25, -0.2) is 4.44 Å². The molecule has 2 atom stereocenters. The molecule has 0 saturated carbocycles. The highest BCUT2D eigenvalue weighted by atomic mass is 31.2. The molecule has 4 aromatic carbocycles. The van der Waals surface area contributed by atoms with Gasteiger partial charge in [-0.15, -0.1) is 0 Å². The maximum atomic E-state index is 5.75. The lowest BCUT2D eigenvalue weighted by Gasteiger charge is -2.44. The van der Waals surface area contributed by atoms with Crippen molar-refractivity contribution in [3.05, 3.63) is 109 Å². The van der Waals surface area contributed by atoms with E-state index >= 15 is 0 Å². The van der Waals surface area contributed by atoms with Crippen LogP contribution in [0, 0.1) is 0 Å². The number of hydrogen-bond donors (Lipinski definition) is 0. The lowest BCUT2D eigenvalue weighted by atomic mass is 10.3. The van der Waals surface area contributed by atoms with Crippen molar-refractivity contribution in [2.24, 2.45) is 0 Å². The maximum Gasteiger partial charge on any atom is 0.142 e. The zero-order valence-corrected chi connectivity index (χ0v) is 23.2. The van der Waals surface area contributed by atoms with Gasteiger partial charge in [-0.1, -0.05) is 84.9 Å². The van der Waals surface area contributed by atoms with E-state index < -0.39 is 16.4 Å². The summed E-state index contributed by atoms with van der Waals surface area (Å²) in [7, 11) is 8.13. The second kappa shape index (κ2) is 12.2. The number of para-hydroxylation sites is 4. The van der Waals surface area contributed by atoms with E-state index in [1.54, 1.807) is 14.2 Å². The van der Waals surface area contributed by atoms with Gasteiger partial charge in [0, 0.05) is 24.7 Å². The molecular weight excluding hydrogens is 484 g/mol. The Morgan fingerprint density at radius 3 is 1.17 bits per heavy atom. The van der Waals surface area contributed by atoms with Crippen LogP contribution in [0.25, 0.3) is 0 Å². The minimum absolute atomic E-state index is 0.860. The second-order valence-electron chi connectivity index (χ2n) is 8.13. The number of nitrogens with zero attached hydrogens (tertiary/aromatic N) is 3. The maximum absolute atomic E-state index is 5.75. The summed E-state index contributed by atoms with van der Waals surface area (Å²) in [5, 5.41) is 2.53. The molecule has 5 nitrogen and oxygen atoms in total. The fourth-order valence-electron chi connectivity index (χ4n) is 4.27. The van der Waals surface area contributed by atoms with E-state index in [2.05, 4.69) is 120 Å². The summed E-state index contributed by atoms with van der Waals surface area (Å²) in [6.07, 6.45) is 0. The lowest BCUT2D eigenvalue weighted by molar-refractivity contribution is 0.416. The standard InChI is InChI=1S/C29H33N3O2P2/c1-30(26-20-12-14-22-28(26)33-4)35(24-16-8-6-9-17-24)32(3)36(25-18-10-7-11-19-25)31(2)27-21-13-15-23-29(27)34-5/h6-23H,1-5H3/t35-,36+. The molecule has 0 aromatic heterocycles. The van der Waals surface area contributed by atoms with E-state index in [1.807, 2.05) is 24.3 Å². The van der Waals surface area contributed by atoms with Crippen molar-refractivity contribution < 1.29 is 9.47 Å². The van der Waals surface area contributed by atoms with Crippen molar-refractivity contribution in [3.63, 3.8) is 0 Å². The van der Waals surface area contributed by atoms with Crippen molar-refractivity contribution >= 4 is 38.4 Å². The zero-order chi connectivity index (χ0) is 25.5. The van der Waals surface area contributed by atoms with Gasteiger partial charge in [0.15, 0.2) is 0 Å². The monoisotopic (exact) mass is 517 g/mol. The Kier molecular flexibility index (Phi) is 8.83. The Morgan fingerprint density at radius 2 is 0.806 bits per heavy atom. The Labute approximate surface area is 217 Å². The van der Waals surface area contributed by atoms with Gasteiger partial charge in [-0.3, -0.25) is 0 Å². The van der Waals surface area contributed by atoms with Gasteiger partial charge in [0.25, 0.3) is 0 Å². The van der Waals surface area contributed by atoms with Crippen LogP contribution >= 0.6 is 16.4 Å². The molecule has 0 spiro atoms. The molecule has 0 bridgehead atoms. The van der Waals surface area contributed by atoms with Gasteiger partial charge in [0.1, 0.15) is 27.9 Å². The van der Waals surface area contributed by atoms with E-state index in [0.717, 1.165) is 22.9 Å². The van der Waals surface area contributed by atoms with Crippen LogP contribution in [0.2, 0.25) is 0 Å². The van der Waals surface area contributed by atoms with Crippen molar-refractivity contribution in [2.45, 2.75) is 0 Å². The highest BCUT2D eigenvalue weighted by Crippen LogP contribution is 2.60. The number of ether oxygens (including phenoxy) is 2. The first-order valence-corrected chi connectivity index (χ1v) is 14.2. The average molecular weight is 518 g/mol. The van der Waals surface area contributed by atoms with Crippen LogP contribution in [-0.4, -0.2) is 39.8 Å². The molecule has 0 unspecified atom stereocenters. The SMILES string of the molecule is COc1ccccc1N(C)[P@@](c1ccccc1)N(C)[P@@](c1ccccc1)N(C)c1ccccc1OC. The van der Waals surface area contributed by atoms with Crippen LogP contribution in [-0.2, 0) is 0 Å². The van der Waals surface area contributed by atoms with Gasteiger partial charge < -0.3 is 18.8 Å². The Bertz CT molecular complexity index is 1150. The van der Waals surface area contributed by atoms with Crippen LogP contribution in [0.3, 0.4) is 0 Å². The summed E-state index contributed by atoms with van der Waals surface area (Å²) in [6.45, 7) is 0. The van der Waals surface area contributed by atoms with Crippen molar-refractivity contribution in [3.8, 4) is 11.5 Å². The van der Waals surface area contributed by atoms with E-state index in [-0.39, 0.29) is 0 Å². The quantitative estimate of drug-likeness (QED) is 0.225. The number of rotatable bonds is 10. The molecule has 0 aliphatic rings. The molecule has 36 heavy (non-hydrogen) atoms. The highest BCUT2D eigenvalue weighted by Gasteiger charge is 2.34. The van der Waals surface area contributed by atoms with E-state index in [4.69, 9.17) is 9.47 Å². The lowest BCUT2D eigenvalue weighted by Crippen LogP contribution is -2.33. The summed E-state index contributed by atoms with van der Waals surface area (Å²) < 4.78 is 18.7. The van der Waals surface area contributed by atoms with Gasteiger partial charge in [-0.05, 0) is 31.3 Å². The van der Waals surface area contributed by atoms with E-state index in [0.29, 0.717) is 0 Å². The van der Waals surface area contributed by atoms with E-state index in [9.17, 15) is 0 Å². The molecule has 0 heterocycles. The summed E-state index contributed by atoms with van der Waals surface area (Å²) in [6, 6.07) is 37.9. The van der Waals surface area contributed by atoms with Gasteiger partial charge in [-0.2, -0.15) is 0 Å². The summed E-state index contributed by atoms with van der Waals surface area (Å²) in [5.74, 6) is 1.72. The molecule has 0 aliphatic carbocycles. The zero-order valence-electron chi connectivity index (χ0n) is 21.4. The topological polar surface area (TPSA) is 28.2 Å². The molecule has 4 aromatic rings. The number of hydrogen-bond acceptors (Lipinski definition) is 5. The minimum atomic E-state index is -0.943. The summed E-state index contributed by atoms with van der Waals surface area (Å²) in [4.78, 5) is 0. The number of benzene rings is 4. The third kappa shape index (κ3) is 5.50. The summed E-state index contributed by atoms with van der Waals surface area (Å²) >= 11 is 0. The van der Waals surface area contributed by atoms with Crippen LogP contribution in [0.5, 0.6) is 11.5 Å². The molecule has 0 radical (unpaired) electrons. The van der Waals surface area contributed by atoms with Crippen LogP contribution in [0.1, 0.15) is 0 Å². The molecule has 0 saturated heterocycles. The fraction of sp³-hybridized carbons (Fsp3) is 0.172. The third-order valence-corrected chi connectivity index (χ3v) is 11.2. The predicted octanol–water partition coefficient (Wildman–Crippen LogP) is 6.48. The number of methoxy groups -OCH3 is 2. The van der Waals surface area contributed by atoms with Crippen molar-refractivity contribution in [2.75, 3.05) is 44.7 Å². The van der Waals surface area contributed by atoms with Gasteiger partial charge >= 0.3 is 0 Å². The Morgan fingerprint density at radius 1 is 0.472 bits per heavy atom. The van der Waals surface area contributed by atoms with Gasteiger partial charge in [0.05, 0.1) is 25.6 Å². The fourth-order valence-corrected chi connectivity index (χ4v) is 10.0. The molecule has 0 aliphatic heterocycles. The first-order valence-electron chi connectivity index (χ1n) is 11.7. The van der Waals surface area contributed by atoms with Crippen LogP contribution < -0.4 is 29.4 Å². The summed E-state index contributed by atoms with van der Waals surface area (Å²) in [5.41, 5.74) is 2.12. The van der Waals surface area contributed by atoms with Gasteiger partial charge in [0.2, 0.25) is 0 Å². The first kappa shape index (κ1) is 26.0. The average Bonchev–Trinajstić information content (AvgIpc) is 2.94. The van der Waals surface area contributed by atoms with E-state index in [1.165, 1.54) is 10.6 Å². The predicted molar refractivity (Wildman–Crippen MR) is 157 cm³/mol. The van der Waals surface area contributed by atoms with Crippen molar-refractivity contribution in [1.29, 1.82) is 0 Å². The third-order valence-electron chi connectivity index (χ3n) is 5.96. The minimum Gasteiger partial charge on any atom is -0.495 e. The smallest absolute Gasteiger partial charge is 0.142 e. The normalized spacial score (nSPS) is 12.6. The largest absolute Gasteiger partial charge is 0.495 e. The molecule has 4 rings (SSSR count). The highest BCUT2D eigenvalue weighted by molar-refractivity contribution is 7.79. The van der Waals surface area contributed by atoms with Crippen LogP contribution in [0.4, 0.5) is 11.4 Å². The Hall–Kier alpha value is -3.10.